The van der Waals surface area contributed by atoms with Crippen LogP contribution in [0.2, 0.25) is 0 Å². The molecular formula is C14H15BrN4O. The van der Waals surface area contributed by atoms with Crippen LogP contribution in [0.3, 0.4) is 0 Å². The molecule has 3 N–H and O–H groups in total. The van der Waals surface area contributed by atoms with Gasteiger partial charge in [0.2, 0.25) is 0 Å². The highest BCUT2D eigenvalue weighted by Crippen LogP contribution is 2.17. The lowest BCUT2D eigenvalue weighted by Gasteiger charge is -2.19. The third-order valence-electron chi connectivity index (χ3n) is 2.89. The maximum atomic E-state index is 8.68. The van der Waals surface area contributed by atoms with Crippen molar-refractivity contribution in [2.24, 2.45) is 10.9 Å². The van der Waals surface area contributed by atoms with Gasteiger partial charge >= 0.3 is 0 Å². The van der Waals surface area contributed by atoms with Gasteiger partial charge in [-0.2, -0.15) is 0 Å². The molecule has 1 heterocycles. The highest BCUT2D eigenvalue weighted by Gasteiger charge is 2.06. The lowest BCUT2D eigenvalue weighted by atomic mass is 10.2. The van der Waals surface area contributed by atoms with Crippen LogP contribution in [0.4, 0.5) is 5.69 Å². The van der Waals surface area contributed by atoms with Crippen molar-refractivity contribution in [3.8, 4) is 0 Å². The van der Waals surface area contributed by atoms with Crippen molar-refractivity contribution in [3.05, 3.63) is 58.3 Å². The number of rotatable bonds is 4. The van der Waals surface area contributed by atoms with Crippen LogP contribution in [0.15, 0.2) is 52.2 Å². The first-order chi connectivity index (χ1) is 9.60. The van der Waals surface area contributed by atoms with Crippen molar-refractivity contribution in [1.82, 2.24) is 4.98 Å². The number of anilines is 1. The van der Waals surface area contributed by atoms with E-state index in [0.29, 0.717) is 5.69 Å². The van der Waals surface area contributed by atoms with Gasteiger partial charge in [-0.3, -0.25) is 4.98 Å². The number of amidine groups is 1. The quantitative estimate of drug-likeness (QED) is 0.390. The van der Waals surface area contributed by atoms with Crippen molar-refractivity contribution in [3.63, 3.8) is 0 Å². The van der Waals surface area contributed by atoms with E-state index in [9.17, 15) is 0 Å². The zero-order valence-electron chi connectivity index (χ0n) is 11.0. The third kappa shape index (κ3) is 3.48. The Kier molecular flexibility index (Phi) is 4.57. The fourth-order valence-corrected chi connectivity index (χ4v) is 2.07. The zero-order valence-corrected chi connectivity index (χ0v) is 12.6. The Morgan fingerprint density at radius 3 is 2.70 bits per heavy atom. The number of benzene rings is 1. The predicted octanol–water partition coefficient (Wildman–Crippen LogP) is 2.58. The molecule has 2 rings (SSSR count). The van der Waals surface area contributed by atoms with Crippen molar-refractivity contribution >= 4 is 27.5 Å². The molecular weight excluding hydrogens is 320 g/mol. The van der Waals surface area contributed by atoms with Gasteiger partial charge in [0, 0.05) is 29.9 Å². The minimum atomic E-state index is 0.00360. The molecule has 0 atom stereocenters. The molecule has 0 aliphatic rings. The number of hydrogen-bond donors (Lipinski definition) is 2. The highest BCUT2D eigenvalue weighted by atomic mass is 79.9. The molecule has 0 radical (unpaired) electrons. The smallest absolute Gasteiger partial charge is 0.188 e. The lowest BCUT2D eigenvalue weighted by molar-refractivity contribution is 0.318. The molecule has 1 aromatic heterocycles. The second-order valence-electron chi connectivity index (χ2n) is 4.37. The van der Waals surface area contributed by atoms with Gasteiger partial charge in [-0.25, -0.2) is 0 Å². The maximum Gasteiger partial charge on any atom is 0.188 e. The van der Waals surface area contributed by atoms with Gasteiger partial charge in [0.1, 0.15) is 5.69 Å². The van der Waals surface area contributed by atoms with Crippen molar-refractivity contribution in [2.75, 3.05) is 11.9 Å². The second kappa shape index (κ2) is 6.38. The summed E-state index contributed by atoms with van der Waals surface area (Å²) in [5.41, 5.74) is 8.14. The van der Waals surface area contributed by atoms with Crippen LogP contribution in [0.5, 0.6) is 0 Å². The Bertz CT molecular complexity index is 613. The molecule has 0 aliphatic carbocycles. The molecule has 1 aromatic carbocycles. The Labute approximate surface area is 125 Å². The number of aromatic nitrogens is 1. The van der Waals surface area contributed by atoms with Crippen LogP contribution >= 0.6 is 15.9 Å². The number of nitrogens with zero attached hydrogens (tertiary/aromatic N) is 3. The molecule has 0 bridgehead atoms. The molecule has 2 aromatic rings. The second-order valence-corrected chi connectivity index (χ2v) is 5.28. The largest absolute Gasteiger partial charge is 0.409 e. The van der Waals surface area contributed by atoms with Crippen LogP contribution in [0, 0.1) is 0 Å². The van der Waals surface area contributed by atoms with Gasteiger partial charge in [-0.05, 0) is 29.8 Å². The summed E-state index contributed by atoms with van der Waals surface area (Å²) in [4.78, 5) is 6.13. The van der Waals surface area contributed by atoms with E-state index >= 15 is 0 Å². The van der Waals surface area contributed by atoms with Crippen LogP contribution in [-0.2, 0) is 6.54 Å². The van der Waals surface area contributed by atoms with E-state index in [1.54, 1.807) is 12.3 Å². The van der Waals surface area contributed by atoms with Gasteiger partial charge in [0.15, 0.2) is 5.84 Å². The molecule has 0 amide bonds. The minimum absolute atomic E-state index is 0.00360. The molecule has 5 nitrogen and oxygen atoms in total. The summed E-state index contributed by atoms with van der Waals surface area (Å²) in [5, 5.41) is 11.6. The predicted molar refractivity (Wildman–Crippen MR) is 83.0 cm³/mol. The summed E-state index contributed by atoms with van der Waals surface area (Å²) in [6.07, 6.45) is 1.64. The third-order valence-corrected chi connectivity index (χ3v) is 3.42. The number of nitrogens with two attached hydrogens (primary N) is 1. The highest BCUT2D eigenvalue weighted by molar-refractivity contribution is 9.10. The standard InChI is InChI=1S/C14H15BrN4O/c1-19(9-10-2-4-11(15)5-3-10)12-6-7-17-13(8-12)14(16)18-20/h2-8,20H,9H2,1H3,(H2,16,18). The maximum absolute atomic E-state index is 8.68. The monoisotopic (exact) mass is 334 g/mol. The Hall–Kier alpha value is -2.08. The van der Waals surface area contributed by atoms with Crippen LogP contribution < -0.4 is 10.6 Å². The van der Waals surface area contributed by atoms with E-state index in [0.717, 1.165) is 16.7 Å². The molecule has 0 saturated carbocycles. The summed E-state index contributed by atoms with van der Waals surface area (Å²) in [5.74, 6) is 0.00360. The number of halogens is 1. The van der Waals surface area contributed by atoms with E-state index in [2.05, 4.69) is 43.1 Å². The summed E-state index contributed by atoms with van der Waals surface area (Å²) in [6, 6.07) is 11.8. The lowest BCUT2D eigenvalue weighted by Crippen LogP contribution is -2.19. The zero-order chi connectivity index (χ0) is 14.5. The summed E-state index contributed by atoms with van der Waals surface area (Å²) < 4.78 is 1.06. The molecule has 6 heteroatoms. The van der Waals surface area contributed by atoms with E-state index in [1.807, 2.05) is 25.2 Å². The fraction of sp³-hybridized carbons (Fsp3) is 0.143. The fourth-order valence-electron chi connectivity index (χ4n) is 1.80. The van der Waals surface area contributed by atoms with E-state index in [-0.39, 0.29) is 5.84 Å². The van der Waals surface area contributed by atoms with E-state index in [1.165, 1.54) is 5.56 Å². The van der Waals surface area contributed by atoms with Crippen LogP contribution in [0.1, 0.15) is 11.3 Å². The minimum Gasteiger partial charge on any atom is -0.409 e. The van der Waals surface area contributed by atoms with Crippen molar-refractivity contribution < 1.29 is 5.21 Å². The van der Waals surface area contributed by atoms with E-state index < -0.39 is 0 Å². The molecule has 0 saturated heterocycles. The average Bonchev–Trinajstić information content (AvgIpc) is 2.49. The SMILES string of the molecule is CN(Cc1ccc(Br)cc1)c1ccnc(C(N)=NO)c1. The summed E-state index contributed by atoms with van der Waals surface area (Å²) in [6.45, 7) is 0.757. The summed E-state index contributed by atoms with van der Waals surface area (Å²) >= 11 is 3.42. The Balaban J connectivity index is 2.16. The van der Waals surface area contributed by atoms with Gasteiger partial charge in [0.05, 0.1) is 0 Å². The van der Waals surface area contributed by atoms with Crippen LogP contribution in [-0.4, -0.2) is 23.1 Å². The normalized spacial score (nSPS) is 11.4. The number of oxime groups is 1. The van der Waals surface area contributed by atoms with Gasteiger partial charge in [-0.1, -0.05) is 33.2 Å². The molecule has 20 heavy (non-hydrogen) atoms. The van der Waals surface area contributed by atoms with Crippen molar-refractivity contribution in [2.45, 2.75) is 6.54 Å². The molecule has 0 fully saturated rings. The first kappa shape index (κ1) is 14.3. The summed E-state index contributed by atoms with van der Waals surface area (Å²) in [7, 11) is 1.98. The molecule has 0 spiro atoms. The topological polar surface area (TPSA) is 74.7 Å². The first-order valence-corrected chi connectivity index (χ1v) is 6.79. The van der Waals surface area contributed by atoms with Gasteiger partial charge < -0.3 is 15.8 Å². The first-order valence-electron chi connectivity index (χ1n) is 5.99. The van der Waals surface area contributed by atoms with E-state index in [4.69, 9.17) is 10.9 Å². The Morgan fingerprint density at radius 1 is 1.35 bits per heavy atom. The molecule has 104 valence electrons. The molecule has 0 unspecified atom stereocenters. The average molecular weight is 335 g/mol. The van der Waals surface area contributed by atoms with Gasteiger partial charge in [-0.15, -0.1) is 0 Å². The number of pyridine rings is 1. The van der Waals surface area contributed by atoms with Gasteiger partial charge in [0.25, 0.3) is 0 Å². The Morgan fingerprint density at radius 2 is 2.05 bits per heavy atom. The number of hydrogen-bond acceptors (Lipinski definition) is 4. The van der Waals surface area contributed by atoms with Crippen LogP contribution in [0.25, 0.3) is 0 Å². The molecule has 0 aliphatic heterocycles. The van der Waals surface area contributed by atoms with Crippen molar-refractivity contribution in [1.29, 1.82) is 0 Å².